The lowest BCUT2D eigenvalue weighted by Crippen LogP contribution is -2.34. The molecule has 0 fully saturated rings. The molecule has 1 atom stereocenters. The van der Waals surface area contributed by atoms with Gasteiger partial charge in [-0.15, -0.1) is 5.10 Å². The van der Waals surface area contributed by atoms with Crippen LogP contribution in [-0.4, -0.2) is 55.5 Å². The number of tetrazole rings is 1. The molecule has 0 unspecified atom stereocenters. The number of aromatic nitrogens is 5. The smallest absolute Gasteiger partial charge is 0.252 e. The Morgan fingerprint density at radius 1 is 1.14 bits per heavy atom. The van der Waals surface area contributed by atoms with Gasteiger partial charge in [-0.05, 0) is 89.5 Å². The first kappa shape index (κ1) is 25.5. The minimum absolute atomic E-state index is 0.0657. The van der Waals surface area contributed by atoms with Gasteiger partial charge in [-0.1, -0.05) is 19.1 Å². The quantitative estimate of drug-likeness (QED) is 0.331. The van der Waals surface area contributed by atoms with E-state index in [1.807, 2.05) is 43.3 Å². The van der Waals surface area contributed by atoms with Gasteiger partial charge in [0.1, 0.15) is 5.75 Å². The summed E-state index contributed by atoms with van der Waals surface area (Å²) in [6, 6.07) is 13.8. The lowest BCUT2D eigenvalue weighted by atomic mass is 10.0. The zero-order chi connectivity index (χ0) is 25.7. The van der Waals surface area contributed by atoms with E-state index in [9.17, 15) is 9.90 Å². The third-order valence-corrected chi connectivity index (χ3v) is 6.69. The van der Waals surface area contributed by atoms with Crippen LogP contribution in [-0.2, 0) is 13.1 Å². The SMILES string of the molecule is CC[C@@H](c1nnnn1Cc1ccc(OC)cc1)N(CCCO)Cc1cc2cc(C)c(C)cc2[nH]c1=O. The zero-order valence-corrected chi connectivity index (χ0v) is 21.4. The van der Waals surface area contributed by atoms with Gasteiger partial charge in [-0.25, -0.2) is 4.68 Å². The Morgan fingerprint density at radius 3 is 2.58 bits per heavy atom. The molecule has 2 N–H and O–H groups in total. The summed E-state index contributed by atoms with van der Waals surface area (Å²) in [6.45, 7) is 7.81. The zero-order valence-electron chi connectivity index (χ0n) is 21.4. The van der Waals surface area contributed by atoms with E-state index in [2.05, 4.69) is 45.3 Å². The molecule has 0 saturated carbocycles. The van der Waals surface area contributed by atoms with Crippen LogP contribution < -0.4 is 10.3 Å². The van der Waals surface area contributed by atoms with Crippen LogP contribution in [0.5, 0.6) is 5.75 Å². The molecule has 0 radical (unpaired) electrons. The Morgan fingerprint density at radius 2 is 1.89 bits per heavy atom. The predicted octanol–water partition coefficient (Wildman–Crippen LogP) is 3.52. The van der Waals surface area contributed by atoms with Gasteiger partial charge in [-0.3, -0.25) is 9.69 Å². The number of methoxy groups -OCH3 is 1. The molecule has 0 aliphatic carbocycles. The van der Waals surface area contributed by atoms with Crippen LogP contribution in [0.2, 0.25) is 0 Å². The predicted molar refractivity (Wildman–Crippen MR) is 139 cm³/mol. The molecule has 0 aliphatic heterocycles. The number of benzene rings is 2. The van der Waals surface area contributed by atoms with Crippen molar-refractivity contribution in [1.82, 2.24) is 30.1 Å². The van der Waals surface area contributed by atoms with Gasteiger partial charge >= 0.3 is 0 Å². The second-order valence-corrected chi connectivity index (χ2v) is 9.16. The average Bonchev–Trinajstić information content (AvgIpc) is 3.32. The molecule has 4 aromatic rings. The standard InChI is InChI=1S/C27H34N6O3/c1-5-25(26-29-30-31-33(26)16-20-7-9-23(36-4)10-8-20)32(11-6-12-34)17-22-15-21-13-18(2)19(3)14-24(21)28-27(22)35/h7-10,13-15,25,34H,5-6,11-12,16-17H2,1-4H3,(H,28,35)/t25-/m0/s1. The highest BCUT2D eigenvalue weighted by Gasteiger charge is 2.25. The van der Waals surface area contributed by atoms with Crippen molar-refractivity contribution in [2.45, 2.75) is 52.7 Å². The fraction of sp³-hybridized carbons (Fsp3) is 0.407. The molecule has 190 valence electrons. The fourth-order valence-electron chi connectivity index (χ4n) is 4.55. The highest BCUT2D eigenvalue weighted by Crippen LogP contribution is 2.26. The maximum Gasteiger partial charge on any atom is 0.252 e. The van der Waals surface area contributed by atoms with E-state index in [-0.39, 0.29) is 18.2 Å². The van der Waals surface area contributed by atoms with Crippen molar-refractivity contribution in [3.63, 3.8) is 0 Å². The fourth-order valence-corrected chi connectivity index (χ4v) is 4.55. The summed E-state index contributed by atoms with van der Waals surface area (Å²) in [4.78, 5) is 18.2. The van der Waals surface area contributed by atoms with Crippen molar-refractivity contribution < 1.29 is 9.84 Å². The molecule has 0 saturated heterocycles. The first-order chi connectivity index (χ1) is 17.4. The molecule has 0 amide bonds. The number of aromatic amines is 1. The normalized spacial score (nSPS) is 12.4. The van der Waals surface area contributed by atoms with Gasteiger partial charge in [-0.2, -0.15) is 0 Å². The molecule has 2 heterocycles. The van der Waals surface area contributed by atoms with Gasteiger partial charge in [0.05, 0.1) is 19.7 Å². The molecule has 2 aromatic carbocycles. The maximum atomic E-state index is 13.0. The number of aliphatic hydroxyl groups excluding tert-OH is 1. The third kappa shape index (κ3) is 5.63. The van der Waals surface area contributed by atoms with Gasteiger partial charge in [0.2, 0.25) is 0 Å². The van der Waals surface area contributed by atoms with Crippen molar-refractivity contribution in [2.24, 2.45) is 0 Å². The van der Waals surface area contributed by atoms with Crippen LogP contribution in [0, 0.1) is 13.8 Å². The van der Waals surface area contributed by atoms with E-state index in [1.54, 1.807) is 11.8 Å². The van der Waals surface area contributed by atoms with E-state index < -0.39 is 0 Å². The van der Waals surface area contributed by atoms with Crippen molar-refractivity contribution in [2.75, 3.05) is 20.3 Å². The van der Waals surface area contributed by atoms with Crippen LogP contribution in [0.4, 0.5) is 0 Å². The number of aliphatic hydroxyl groups is 1. The summed E-state index contributed by atoms with van der Waals surface area (Å²) in [5, 5.41) is 23.1. The van der Waals surface area contributed by atoms with Crippen LogP contribution in [0.15, 0.2) is 47.3 Å². The summed E-state index contributed by atoms with van der Waals surface area (Å²) >= 11 is 0. The molecular formula is C27H34N6O3. The van der Waals surface area contributed by atoms with Crippen LogP contribution in [0.25, 0.3) is 10.9 Å². The number of rotatable bonds is 11. The molecule has 9 heteroatoms. The maximum absolute atomic E-state index is 13.0. The van der Waals surface area contributed by atoms with Gasteiger partial charge in [0.15, 0.2) is 5.82 Å². The summed E-state index contributed by atoms with van der Waals surface area (Å²) in [5.74, 6) is 1.53. The lowest BCUT2D eigenvalue weighted by molar-refractivity contribution is 0.152. The van der Waals surface area contributed by atoms with Crippen LogP contribution in [0.1, 0.15) is 53.9 Å². The highest BCUT2D eigenvalue weighted by atomic mass is 16.5. The number of H-pyrrole nitrogens is 1. The monoisotopic (exact) mass is 490 g/mol. The molecule has 4 rings (SSSR count). The molecular weight excluding hydrogens is 456 g/mol. The number of fused-ring (bicyclic) bond motifs is 1. The Bertz CT molecular complexity index is 1360. The Hall–Kier alpha value is -3.56. The van der Waals surface area contributed by atoms with E-state index in [4.69, 9.17) is 4.74 Å². The second-order valence-electron chi connectivity index (χ2n) is 9.16. The van der Waals surface area contributed by atoms with Crippen molar-refractivity contribution in [3.05, 3.63) is 80.9 Å². The molecule has 0 bridgehead atoms. The van der Waals surface area contributed by atoms with E-state index in [1.165, 1.54) is 5.56 Å². The highest BCUT2D eigenvalue weighted by molar-refractivity contribution is 5.80. The third-order valence-electron chi connectivity index (χ3n) is 6.69. The second kappa shape index (κ2) is 11.5. The van der Waals surface area contributed by atoms with E-state index >= 15 is 0 Å². The summed E-state index contributed by atoms with van der Waals surface area (Å²) in [7, 11) is 1.64. The minimum Gasteiger partial charge on any atom is -0.497 e. The first-order valence-corrected chi connectivity index (χ1v) is 12.3. The largest absolute Gasteiger partial charge is 0.497 e. The van der Waals surface area contributed by atoms with Crippen LogP contribution in [0.3, 0.4) is 0 Å². The summed E-state index contributed by atoms with van der Waals surface area (Å²) < 4.78 is 7.06. The number of ether oxygens (including phenoxy) is 1. The first-order valence-electron chi connectivity index (χ1n) is 12.3. The van der Waals surface area contributed by atoms with Crippen molar-refractivity contribution in [1.29, 1.82) is 0 Å². The summed E-state index contributed by atoms with van der Waals surface area (Å²) in [6.07, 6.45) is 1.33. The number of aryl methyl sites for hydroxylation is 2. The lowest BCUT2D eigenvalue weighted by Gasteiger charge is -2.30. The average molecular weight is 491 g/mol. The molecule has 0 aliphatic rings. The Balaban J connectivity index is 1.64. The van der Waals surface area contributed by atoms with Crippen LogP contribution >= 0.6 is 0 Å². The number of nitrogens with one attached hydrogen (secondary N) is 1. The Kier molecular flexibility index (Phi) is 8.12. The van der Waals surface area contributed by atoms with Gasteiger partial charge in [0, 0.05) is 30.8 Å². The molecule has 9 nitrogen and oxygen atoms in total. The number of pyridine rings is 1. The van der Waals surface area contributed by atoms with E-state index in [0.29, 0.717) is 31.6 Å². The molecule has 0 spiro atoms. The molecule has 2 aromatic heterocycles. The number of hydrogen-bond acceptors (Lipinski definition) is 7. The number of nitrogens with zero attached hydrogens (tertiary/aromatic N) is 5. The van der Waals surface area contributed by atoms with Gasteiger partial charge in [0.25, 0.3) is 5.56 Å². The van der Waals surface area contributed by atoms with Crippen molar-refractivity contribution in [3.8, 4) is 5.75 Å². The summed E-state index contributed by atoms with van der Waals surface area (Å²) in [5.41, 5.74) is 4.79. The van der Waals surface area contributed by atoms with Gasteiger partial charge < -0.3 is 14.8 Å². The molecule has 36 heavy (non-hydrogen) atoms. The Labute approximate surface area is 210 Å². The topological polar surface area (TPSA) is 109 Å². The van der Waals surface area contributed by atoms with Crippen molar-refractivity contribution >= 4 is 10.9 Å². The number of hydrogen-bond donors (Lipinski definition) is 2. The van der Waals surface area contributed by atoms with E-state index in [0.717, 1.165) is 40.0 Å². The minimum atomic E-state index is -0.125.